The van der Waals surface area contributed by atoms with E-state index in [-0.39, 0.29) is 0 Å². The lowest BCUT2D eigenvalue weighted by molar-refractivity contribution is 0.233. The molecule has 0 unspecified atom stereocenters. The van der Waals surface area contributed by atoms with E-state index < -0.39 is 0 Å². The SMILES string of the molecule is C=C/C=C\C1=CCNCCO1.CC. The van der Waals surface area contributed by atoms with E-state index in [1.165, 1.54) is 0 Å². The zero-order chi connectivity index (χ0) is 9.94. The maximum Gasteiger partial charge on any atom is 0.116 e. The van der Waals surface area contributed by atoms with Crippen LogP contribution < -0.4 is 5.32 Å². The average molecular weight is 181 g/mol. The number of rotatable bonds is 2. The van der Waals surface area contributed by atoms with Gasteiger partial charge >= 0.3 is 0 Å². The molecule has 1 aliphatic rings. The van der Waals surface area contributed by atoms with Gasteiger partial charge in [0.15, 0.2) is 0 Å². The van der Waals surface area contributed by atoms with Gasteiger partial charge in [-0.05, 0) is 12.2 Å². The number of nitrogens with one attached hydrogen (secondary N) is 1. The molecule has 0 aliphatic carbocycles. The molecule has 0 aromatic heterocycles. The van der Waals surface area contributed by atoms with Gasteiger partial charge in [0.1, 0.15) is 12.4 Å². The number of hydrogen-bond acceptors (Lipinski definition) is 2. The zero-order valence-corrected chi connectivity index (χ0v) is 8.55. The standard InChI is InChI=1S/C9H13NO.C2H6/c1-2-3-4-9-5-6-10-7-8-11-9;1-2/h2-5,10H,1,6-8H2;1-2H3/b4-3-;. The molecule has 74 valence electrons. The highest BCUT2D eigenvalue weighted by Crippen LogP contribution is 2.00. The fraction of sp³-hybridized carbons (Fsp3) is 0.455. The van der Waals surface area contributed by atoms with Gasteiger partial charge in [-0.2, -0.15) is 0 Å². The first kappa shape index (κ1) is 12.0. The van der Waals surface area contributed by atoms with Crippen molar-refractivity contribution in [1.29, 1.82) is 0 Å². The van der Waals surface area contributed by atoms with E-state index in [4.69, 9.17) is 4.74 Å². The second-order valence-corrected chi connectivity index (χ2v) is 2.25. The van der Waals surface area contributed by atoms with Crippen molar-refractivity contribution in [2.24, 2.45) is 0 Å². The summed E-state index contributed by atoms with van der Waals surface area (Å²) in [6.07, 6.45) is 7.55. The lowest BCUT2D eigenvalue weighted by Gasteiger charge is -2.00. The number of ether oxygens (including phenoxy) is 1. The summed E-state index contributed by atoms with van der Waals surface area (Å²) < 4.78 is 5.37. The molecule has 1 aliphatic heterocycles. The van der Waals surface area contributed by atoms with Crippen molar-refractivity contribution >= 4 is 0 Å². The van der Waals surface area contributed by atoms with Gasteiger partial charge in [0.05, 0.1) is 0 Å². The normalized spacial score (nSPS) is 16.3. The summed E-state index contributed by atoms with van der Waals surface area (Å²) >= 11 is 0. The molecule has 0 aromatic carbocycles. The van der Waals surface area contributed by atoms with E-state index in [1.54, 1.807) is 6.08 Å². The fourth-order valence-corrected chi connectivity index (χ4v) is 0.854. The third-order valence-corrected chi connectivity index (χ3v) is 1.39. The molecule has 1 heterocycles. The Morgan fingerprint density at radius 1 is 1.54 bits per heavy atom. The van der Waals surface area contributed by atoms with Crippen LogP contribution in [0.15, 0.2) is 36.6 Å². The van der Waals surface area contributed by atoms with E-state index >= 15 is 0 Å². The Morgan fingerprint density at radius 2 is 2.31 bits per heavy atom. The van der Waals surface area contributed by atoms with E-state index in [1.807, 2.05) is 32.1 Å². The van der Waals surface area contributed by atoms with Crippen molar-refractivity contribution in [3.05, 3.63) is 36.6 Å². The van der Waals surface area contributed by atoms with Gasteiger partial charge in [-0.1, -0.05) is 32.6 Å². The molecule has 1 N–H and O–H groups in total. The van der Waals surface area contributed by atoms with Crippen molar-refractivity contribution in [2.45, 2.75) is 13.8 Å². The van der Waals surface area contributed by atoms with Crippen molar-refractivity contribution < 1.29 is 4.74 Å². The summed E-state index contributed by atoms with van der Waals surface area (Å²) in [5.41, 5.74) is 0. The van der Waals surface area contributed by atoms with Gasteiger partial charge in [0.2, 0.25) is 0 Å². The first-order chi connectivity index (χ1) is 6.43. The second-order valence-electron chi connectivity index (χ2n) is 2.25. The molecule has 1 rings (SSSR count). The van der Waals surface area contributed by atoms with E-state index in [9.17, 15) is 0 Å². The molecule has 0 radical (unpaired) electrons. The maximum absolute atomic E-state index is 5.37. The van der Waals surface area contributed by atoms with Crippen LogP contribution in [0, 0.1) is 0 Å². The molecular formula is C11H19NO. The Balaban J connectivity index is 0.000000671. The van der Waals surface area contributed by atoms with Gasteiger partial charge in [0, 0.05) is 13.1 Å². The molecule has 0 bridgehead atoms. The molecule has 0 atom stereocenters. The topological polar surface area (TPSA) is 21.3 Å². The molecule has 0 saturated heterocycles. The third-order valence-electron chi connectivity index (χ3n) is 1.39. The molecule has 0 amide bonds. The highest BCUT2D eigenvalue weighted by Gasteiger charge is 1.96. The first-order valence-electron chi connectivity index (χ1n) is 4.76. The summed E-state index contributed by atoms with van der Waals surface area (Å²) in [4.78, 5) is 0. The van der Waals surface area contributed by atoms with Crippen LogP contribution in [0.1, 0.15) is 13.8 Å². The van der Waals surface area contributed by atoms with Crippen molar-refractivity contribution in [3.63, 3.8) is 0 Å². The Kier molecular flexibility index (Phi) is 8.36. The summed E-state index contributed by atoms with van der Waals surface area (Å²) in [6, 6.07) is 0. The van der Waals surface area contributed by atoms with Crippen LogP contribution in [0.2, 0.25) is 0 Å². The van der Waals surface area contributed by atoms with E-state index in [0.29, 0.717) is 0 Å². The van der Waals surface area contributed by atoms with Gasteiger partial charge in [-0.15, -0.1) is 0 Å². The average Bonchev–Trinajstić information content (AvgIpc) is 2.46. The highest BCUT2D eigenvalue weighted by molar-refractivity contribution is 5.16. The lowest BCUT2D eigenvalue weighted by Crippen LogP contribution is -2.16. The molecule has 2 heteroatoms. The molecule has 0 saturated carbocycles. The third kappa shape index (κ3) is 6.17. The highest BCUT2D eigenvalue weighted by atomic mass is 16.5. The Morgan fingerprint density at radius 3 is 3.00 bits per heavy atom. The Hall–Kier alpha value is -1.02. The molecule has 2 nitrogen and oxygen atoms in total. The van der Waals surface area contributed by atoms with Crippen LogP contribution in [-0.4, -0.2) is 19.7 Å². The van der Waals surface area contributed by atoms with Crippen LogP contribution in [-0.2, 0) is 4.74 Å². The maximum atomic E-state index is 5.37. The summed E-state index contributed by atoms with van der Waals surface area (Å²) in [5, 5.41) is 3.19. The smallest absolute Gasteiger partial charge is 0.116 e. The van der Waals surface area contributed by atoms with Crippen LogP contribution >= 0.6 is 0 Å². The minimum atomic E-state index is 0.743. The molecule has 0 aromatic rings. The quantitative estimate of drug-likeness (QED) is 0.660. The van der Waals surface area contributed by atoms with Crippen molar-refractivity contribution in [2.75, 3.05) is 19.7 Å². The molecule has 0 fully saturated rings. The molecular weight excluding hydrogens is 162 g/mol. The predicted octanol–water partition coefficient (Wildman–Crippen LogP) is 2.26. The number of allylic oxidation sites excluding steroid dienone is 3. The Bertz CT molecular complexity index is 183. The minimum absolute atomic E-state index is 0.743. The summed E-state index contributed by atoms with van der Waals surface area (Å²) in [5.74, 6) is 0.926. The summed E-state index contributed by atoms with van der Waals surface area (Å²) in [6.45, 7) is 10.1. The van der Waals surface area contributed by atoms with Crippen molar-refractivity contribution in [3.8, 4) is 0 Å². The lowest BCUT2D eigenvalue weighted by atomic mass is 10.4. The van der Waals surface area contributed by atoms with Crippen LogP contribution in [0.4, 0.5) is 0 Å². The first-order valence-corrected chi connectivity index (χ1v) is 4.76. The van der Waals surface area contributed by atoms with Gasteiger partial charge in [0.25, 0.3) is 0 Å². The fourth-order valence-electron chi connectivity index (χ4n) is 0.854. The Labute approximate surface area is 81.0 Å². The number of hydrogen-bond donors (Lipinski definition) is 1. The largest absolute Gasteiger partial charge is 0.493 e. The minimum Gasteiger partial charge on any atom is -0.493 e. The van der Waals surface area contributed by atoms with E-state index in [2.05, 4.69) is 11.9 Å². The van der Waals surface area contributed by atoms with Gasteiger partial charge in [-0.3, -0.25) is 0 Å². The van der Waals surface area contributed by atoms with E-state index in [0.717, 1.165) is 25.5 Å². The molecule has 0 spiro atoms. The van der Waals surface area contributed by atoms with Gasteiger partial charge < -0.3 is 10.1 Å². The zero-order valence-electron chi connectivity index (χ0n) is 8.55. The molecule has 13 heavy (non-hydrogen) atoms. The summed E-state index contributed by atoms with van der Waals surface area (Å²) in [7, 11) is 0. The van der Waals surface area contributed by atoms with Crippen molar-refractivity contribution in [1.82, 2.24) is 5.32 Å². The van der Waals surface area contributed by atoms with Crippen LogP contribution in [0.5, 0.6) is 0 Å². The monoisotopic (exact) mass is 181 g/mol. The van der Waals surface area contributed by atoms with Crippen LogP contribution in [0.25, 0.3) is 0 Å². The second kappa shape index (κ2) is 9.07. The van der Waals surface area contributed by atoms with Gasteiger partial charge in [-0.25, -0.2) is 0 Å². The van der Waals surface area contributed by atoms with Crippen LogP contribution in [0.3, 0.4) is 0 Å². The predicted molar refractivity (Wildman–Crippen MR) is 57.6 cm³/mol.